The average molecular weight is 320 g/mol. The number of rotatable bonds is 8. The first kappa shape index (κ1) is 18.3. The molecule has 0 fully saturated rings. The van der Waals surface area contributed by atoms with Crippen molar-refractivity contribution in [2.24, 2.45) is 5.73 Å². The third-order valence-electron chi connectivity index (χ3n) is 3.43. The van der Waals surface area contributed by atoms with Crippen molar-refractivity contribution in [3.8, 4) is 0 Å². The zero-order chi connectivity index (χ0) is 17.6. The maximum atomic E-state index is 11.5. The van der Waals surface area contributed by atoms with Gasteiger partial charge < -0.3 is 26.8 Å². The number of anilines is 2. The van der Waals surface area contributed by atoms with E-state index in [4.69, 9.17) is 16.6 Å². The van der Waals surface area contributed by atoms with Gasteiger partial charge in [0.25, 0.3) is 0 Å². The lowest BCUT2D eigenvalue weighted by Crippen LogP contribution is -2.22. The Hall–Kier alpha value is -2.70. The van der Waals surface area contributed by atoms with Crippen molar-refractivity contribution in [3.05, 3.63) is 29.3 Å². The fourth-order valence-electron chi connectivity index (χ4n) is 2.06. The summed E-state index contributed by atoms with van der Waals surface area (Å²) in [5, 5.41) is 11.8. The van der Waals surface area contributed by atoms with Gasteiger partial charge in [-0.25, -0.2) is 0 Å². The van der Waals surface area contributed by atoms with Gasteiger partial charge in [0, 0.05) is 49.6 Å². The number of carbonyl (C=O) groups excluding carboxylic acids is 1. The monoisotopic (exact) mass is 320 g/mol. The van der Waals surface area contributed by atoms with Crippen molar-refractivity contribution in [3.63, 3.8) is 0 Å². The largest absolute Gasteiger partial charge is 0.481 e. The van der Waals surface area contributed by atoms with Gasteiger partial charge in [-0.05, 0) is 31.5 Å². The Kier molecular flexibility index (Phi) is 6.44. The van der Waals surface area contributed by atoms with Crippen molar-refractivity contribution >= 4 is 28.9 Å². The van der Waals surface area contributed by atoms with E-state index in [1.165, 1.54) is 0 Å². The maximum Gasteiger partial charge on any atom is 0.303 e. The van der Waals surface area contributed by atoms with E-state index in [9.17, 15) is 9.59 Å². The molecule has 0 heterocycles. The molecule has 126 valence electrons. The average Bonchev–Trinajstić information content (AvgIpc) is 2.46. The smallest absolute Gasteiger partial charge is 0.303 e. The quantitative estimate of drug-likeness (QED) is 0.322. The third-order valence-corrected chi connectivity index (χ3v) is 3.43. The van der Waals surface area contributed by atoms with E-state index in [1.807, 2.05) is 37.2 Å². The number of hydrogen-bond acceptors (Lipinski definition) is 5. The SMILES string of the molecule is CC(C(N)=O)=C(NCCCC(=O)O)c1ccc(N(C)C)cc1N. The predicted octanol–water partition coefficient (Wildman–Crippen LogP) is 1.01. The van der Waals surface area contributed by atoms with Gasteiger partial charge in [-0.1, -0.05) is 0 Å². The molecule has 0 aliphatic rings. The highest BCUT2D eigenvalue weighted by Gasteiger charge is 2.13. The molecule has 0 atom stereocenters. The Morgan fingerprint density at radius 2 is 1.96 bits per heavy atom. The van der Waals surface area contributed by atoms with Crippen LogP contribution in [0.5, 0.6) is 0 Å². The predicted molar refractivity (Wildman–Crippen MR) is 91.8 cm³/mol. The minimum absolute atomic E-state index is 0.0466. The number of primary amides is 1. The highest BCUT2D eigenvalue weighted by Crippen LogP contribution is 2.26. The van der Waals surface area contributed by atoms with E-state index < -0.39 is 11.9 Å². The molecular formula is C16H24N4O3. The second-order valence-electron chi connectivity index (χ2n) is 5.45. The summed E-state index contributed by atoms with van der Waals surface area (Å²) in [5.41, 5.74) is 14.5. The number of amides is 1. The minimum Gasteiger partial charge on any atom is -0.481 e. The van der Waals surface area contributed by atoms with E-state index in [0.29, 0.717) is 35.5 Å². The highest BCUT2D eigenvalue weighted by molar-refractivity contribution is 6.00. The molecule has 23 heavy (non-hydrogen) atoms. The Labute approximate surface area is 135 Å². The Morgan fingerprint density at radius 3 is 2.43 bits per heavy atom. The first-order valence-electron chi connectivity index (χ1n) is 7.27. The Bertz CT molecular complexity index is 624. The molecule has 7 nitrogen and oxygen atoms in total. The van der Waals surface area contributed by atoms with Gasteiger partial charge >= 0.3 is 5.97 Å². The van der Waals surface area contributed by atoms with Crippen LogP contribution in [-0.2, 0) is 9.59 Å². The molecule has 0 saturated carbocycles. The van der Waals surface area contributed by atoms with E-state index >= 15 is 0 Å². The van der Waals surface area contributed by atoms with Crippen LogP contribution in [0.15, 0.2) is 23.8 Å². The van der Waals surface area contributed by atoms with Crippen molar-refractivity contribution in [2.75, 3.05) is 31.3 Å². The summed E-state index contributed by atoms with van der Waals surface area (Å²) in [5.74, 6) is -1.42. The molecule has 0 aliphatic carbocycles. The van der Waals surface area contributed by atoms with Crippen molar-refractivity contribution in [1.82, 2.24) is 5.32 Å². The van der Waals surface area contributed by atoms with Gasteiger partial charge in [-0.15, -0.1) is 0 Å². The summed E-state index contributed by atoms with van der Waals surface area (Å²) in [6.07, 6.45) is 0.478. The summed E-state index contributed by atoms with van der Waals surface area (Å²) in [6, 6.07) is 5.51. The Morgan fingerprint density at radius 1 is 1.30 bits per heavy atom. The van der Waals surface area contributed by atoms with E-state index in [1.54, 1.807) is 6.92 Å². The molecule has 6 N–H and O–H groups in total. The molecule has 1 amide bonds. The molecule has 0 radical (unpaired) electrons. The summed E-state index contributed by atoms with van der Waals surface area (Å²) in [7, 11) is 3.81. The zero-order valence-corrected chi connectivity index (χ0v) is 13.7. The number of nitrogens with zero attached hydrogens (tertiary/aromatic N) is 1. The first-order valence-corrected chi connectivity index (χ1v) is 7.27. The van der Waals surface area contributed by atoms with Crippen molar-refractivity contribution in [1.29, 1.82) is 0 Å². The number of carboxylic acids is 1. The van der Waals surface area contributed by atoms with Crippen LogP contribution < -0.4 is 21.7 Å². The van der Waals surface area contributed by atoms with Crippen LogP contribution in [0, 0.1) is 0 Å². The van der Waals surface area contributed by atoms with Gasteiger partial charge in [-0.2, -0.15) is 0 Å². The molecule has 1 rings (SSSR count). The number of aliphatic carboxylic acids is 1. The fourth-order valence-corrected chi connectivity index (χ4v) is 2.06. The standard InChI is InChI=1S/C16H24N4O3/c1-10(16(18)23)15(19-8-4-5-14(21)22)12-7-6-11(20(2)3)9-13(12)17/h6-7,9,19H,4-5,8,17H2,1-3H3,(H2,18,23)(H,21,22). The van der Waals surface area contributed by atoms with E-state index in [2.05, 4.69) is 5.32 Å². The second kappa shape index (κ2) is 8.07. The second-order valence-corrected chi connectivity index (χ2v) is 5.45. The number of nitrogen functional groups attached to an aromatic ring is 1. The lowest BCUT2D eigenvalue weighted by Gasteiger charge is -2.18. The fraction of sp³-hybridized carbons (Fsp3) is 0.375. The highest BCUT2D eigenvalue weighted by atomic mass is 16.4. The van der Waals surface area contributed by atoms with Gasteiger partial charge in [0.05, 0.1) is 5.70 Å². The molecule has 0 unspecified atom stereocenters. The first-order chi connectivity index (χ1) is 10.7. The zero-order valence-electron chi connectivity index (χ0n) is 13.7. The minimum atomic E-state index is -0.862. The van der Waals surface area contributed by atoms with Crippen LogP contribution in [0.2, 0.25) is 0 Å². The summed E-state index contributed by atoms with van der Waals surface area (Å²) in [4.78, 5) is 24.0. The topological polar surface area (TPSA) is 122 Å². The molecule has 1 aromatic rings. The number of hydrogen-bond donors (Lipinski definition) is 4. The normalized spacial score (nSPS) is 11.6. The van der Waals surface area contributed by atoms with Crippen LogP contribution in [0.25, 0.3) is 5.70 Å². The third kappa shape index (κ3) is 5.21. The molecular weight excluding hydrogens is 296 g/mol. The number of nitrogens with one attached hydrogen (secondary N) is 1. The van der Waals surface area contributed by atoms with Gasteiger partial charge in [-0.3, -0.25) is 9.59 Å². The van der Waals surface area contributed by atoms with Crippen LogP contribution >= 0.6 is 0 Å². The maximum absolute atomic E-state index is 11.5. The molecule has 0 bridgehead atoms. The number of benzene rings is 1. The molecule has 1 aromatic carbocycles. The number of carbonyl (C=O) groups is 2. The lowest BCUT2D eigenvalue weighted by molar-refractivity contribution is -0.137. The summed E-state index contributed by atoms with van der Waals surface area (Å²) < 4.78 is 0. The van der Waals surface area contributed by atoms with Crippen molar-refractivity contribution in [2.45, 2.75) is 19.8 Å². The van der Waals surface area contributed by atoms with Crippen molar-refractivity contribution < 1.29 is 14.7 Å². The number of carboxylic acid groups (broad SMARTS) is 1. The van der Waals surface area contributed by atoms with Gasteiger partial charge in [0.2, 0.25) is 5.91 Å². The van der Waals surface area contributed by atoms with Crippen LogP contribution in [0.3, 0.4) is 0 Å². The molecule has 0 spiro atoms. The van der Waals surface area contributed by atoms with Crippen LogP contribution in [0.4, 0.5) is 11.4 Å². The number of nitrogens with two attached hydrogens (primary N) is 2. The van der Waals surface area contributed by atoms with Crippen LogP contribution in [-0.4, -0.2) is 37.6 Å². The van der Waals surface area contributed by atoms with Gasteiger partial charge in [0.15, 0.2) is 0 Å². The van der Waals surface area contributed by atoms with Crippen LogP contribution in [0.1, 0.15) is 25.3 Å². The lowest BCUT2D eigenvalue weighted by atomic mass is 10.0. The van der Waals surface area contributed by atoms with Gasteiger partial charge in [0.1, 0.15) is 0 Å². The molecule has 0 aliphatic heterocycles. The molecule has 7 heteroatoms. The summed E-state index contributed by atoms with van der Waals surface area (Å²) >= 11 is 0. The summed E-state index contributed by atoms with van der Waals surface area (Å²) in [6.45, 7) is 2.02. The van der Waals surface area contributed by atoms with E-state index in [0.717, 1.165) is 5.69 Å². The van der Waals surface area contributed by atoms with E-state index in [-0.39, 0.29) is 6.42 Å². The Balaban J connectivity index is 3.08. The molecule has 0 aromatic heterocycles. The molecule has 0 saturated heterocycles.